The van der Waals surface area contributed by atoms with Crippen molar-refractivity contribution in [3.8, 4) is 0 Å². The summed E-state index contributed by atoms with van der Waals surface area (Å²) in [6.07, 6.45) is 3.50. The van der Waals surface area contributed by atoms with E-state index in [-0.39, 0.29) is 0 Å². The van der Waals surface area contributed by atoms with Gasteiger partial charge in [-0.15, -0.1) is 0 Å². The molecule has 0 aliphatic heterocycles. The van der Waals surface area contributed by atoms with Crippen molar-refractivity contribution in [3.05, 3.63) is 58.5 Å². The van der Waals surface area contributed by atoms with Crippen LogP contribution in [0.3, 0.4) is 0 Å². The second kappa shape index (κ2) is 6.12. The van der Waals surface area contributed by atoms with Gasteiger partial charge >= 0.3 is 0 Å². The Bertz CT molecular complexity index is 534. The Hall–Kier alpha value is -1.10. The first-order chi connectivity index (χ1) is 9.74. The number of aliphatic hydroxyl groups excluding tert-OH is 1. The zero-order chi connectivity index (χ0) is 13.9. The summed E-state index contributed by atoms with van der Waals surface area (Å²) < 4.78 is 6.32. The average molecular weight is 336 g/mol. The van der Waals surface area contributed by atoms with Gasteiger partial charge in [-0.1, -0.05) is 28.1 Å². The second-order valence-corrected chi connectivity index (χ2v) is 6.22. The van der Waals surface area contributed by atoms with E-state index in [4.69, 9.17) is 4.42 Å². The number of hydrogen-bond acceptors (Lipinski definition) is 3. The molecule has 2 atom stereocenters. The average Bonchev–Trinajstić information content (AvgIpc) is 3.14. The first kappa shape index (κ1) is 13.9. The minimum atomic E-state index is -0.596. The lowest BCUT2D eigenvalue weighted by atomic mass is 10.0. The summed E-state index contributed by atoms with van der Waals surface area (Å²) in [5.74, 6) is 1.29. The maximum Gasteiger partial charge on any atom is 0.133 e. The van der Waals surface area contributed by atoms with Crippen LogP contribution in [0.5, 0.6) is 0 Å². The molecule has 3 nitrogen and oxygen atoms in total. The van der Waals surface area contributed by atoms with Gasteiger partial charge in [0.25, 0.3) is 0 Å². The van der Waals surface area contributed by atoms with Gasteiger partial charge < -0.3 is 14.8 Å². The number of halogens is 1. The molecule has 2 N–H and O–H groups in total. The van der Waals surface area contributed by atoms with E-state index in [0.717, 1.165) is 4.47 Å². The predicted octanol–water partition coefficient (Wildman–Crippen LogP) is 3.82. The zero-order valence-corrected chi connectivity index (χ0v) is 12.7. The molecule has 0 saturated heterocycles. The Morgan fingerprint density at radius 1 is 1.25 bits per heavy atom. The molecule has 3 rings (SSSR count). The molecule has 2 unspecified atom stereocenters. The number of nitrogens with one attached hydrogen (secondary N) is 1. The van der Waals surface area contributed by atoms with Crippen molar-refractivity contribution in [2.24, 2.45) is 5.92 Å². The van der Waals surface area contributed by atoms with Crippen molar-refractivity contribution in [1.82, 2.24) is 5.32 Å². The molecular weight excluding hydrogens is 318 g/mol. The van der Waals surface area contributed by atoms with Crippen LogP contribution in [0.2, 0.25) is 0 Å². The number of hydrogen-bond donors (Lipinski definition) is 2. The van der Waals surface area contributed by atoms with Gasteiger partial charge in [0.1, 0.15) is 11.9 Å². The highest BCUT2D eigenvalue weighted by Gasteiger charge is 2.32. The normalized spacial score (nSPS) is 17.9. The summed E-state index contributed by atoms with van der Waals surface area (Å²) in [5.41, 5.74) is 1.28. The van der Waals surface area contributed by atoms with Crippen molar-refractivity contribution < 1.29 is 9.52 Å². The smallest absolute Gasteiger partial charge is 0.133 e. The molecule has 2 aromatic rings. The fraction of sp³-hybridized carbons (Fsp3) is 0.375. The van der Waals surface area contributed by atoms with E-state index in [0.29, 0.717) is 24.3 Å². The van der Waals surface area contributed by atoms with E-state index in [1.54, 1.807) is 18.4 Å². The van der Waals surface area contributed by atoms with Crippen LogP contribution in [-0.2, 0) is 0 Å². The molecule has 0 amide bonds. The SMILES string of the molecule is OC(CNC(c1ccc(Br)cc1)C1CC1)c1ccco1. The fourth-order valence-electron chi connectivity index (χ4n) is 2.48. The minimum Gasteiger partial charge on any atom is -0.467 e. The Kier molecular flexibility index (Phi) is 4.24. The van der Waals surface area contributed by atoms with Gasteiger partial charge in [-0.25, -0.2) is 0 Å². The molecule has 1 fully saturated rings. The number of furan rings is 1. The fourth-order valence-corrected chi connectivity index (χ4v) is 2.74. The van der Waals surface area contributed by atoms with Crippen LogP contribution >= 0.6 is 15.9 Å². The van der Waals surface area contributed by atoms with E-state index in [2.05, 4.69) is 45.5 Å². The first-order valence-electron chi connectivity index (χ1n) is 6.94. The highest BCUT2D eigenvalue weighted by molar-refractivity contribution is 9.10. The Morgan fingerprint density at radius 2 is 2.00 bits per heavy atom. The second-order valence-electron chi connectivity index (χ2n) is 5.31. The molecular formula is C16H18BrNO2. The van der Waals surface area contributed by atoms with Crippen LogP contribution in [0.4, 0.5) is 0 Å². The summed E-state index contributed by atoms with van der Waals surface area (Å²) in [7, 11) is 0. The summed E-state index contributed by atoms with van der Waals surface area (Å²) in [6, 6.07) is 12.3. The van der Waals surface area contributed by atoms with E-state index >= 15 is 0 Å². The zero-order valence-electron chi connectivity index (χ0n) is 11.1. The third kappa shape index (κ3) is 3.32. The summed E-state index contributed by atoms with van der Waals surface area (Å²) in [4.78, 5) is 0. The standard InChI is InChI=1S/C16H18BrNO2/c17-13-7-5-12(6-8-13)16(11-3-4-11)18-10-14(19)15-2-1-9-20-15/h1-2,5-9,11,14,16,18-19H,3-4,10H2. The molecule has 1 aromatic carbocycles. The summed E-state index contributed by atoms with van der Waals surface area (Å²) >= 11 is 3.46. The molecule has 0 spiro atoms. The van der Waals surface area contributed by atoms with Crippen molar-refractivity contribution in [2.75, 3.05) is 6.54 Å². The molecule has 20 heavy (non-hydrogen) atoms. The van der Waals surface area contributed by atoms with Gasteiger partial charge in [-0.3, -0.25) is 0 Å². The molecule has 106 valence electrons. The van der Waals surface area contributed by atoms with Crippen LogP contribution in [-0.4, -0.2) is 11.7 Å². The predicted molar refractivity (Wildman–Crippen MR) is 81.3 cm³/mol. The molecule has 0 bridgehead atoms. The first-order valence-corrected chi connectivity index (χ1v) is 7.73. The van der Waals surface area contributed by atoms with Gasteiger partial charge in [0.15, 0.2) is 0 Å². The molecule has 1 saturated carbocycles. The highest BCUT2D eigenvalue weighted by atomic mass is 79.9. The van der Waals surface area contributed by atoms with Gasteiger partial charge in [-0.2, -0.15) is 0 Å². The largest absolute Gasteiger partial charge is 0.467 e. The van der Waals surface area contributed by atoms with E-state index in [9.17, 15) is 5.11 Å². The number of benzene rings is 1. The van der Waals surface area contributed by atoms with Crippen LogP contribution in [0, 0.1) is 5.92 Å². The Morgan fingerprint density at radius 3 is 2.60 bits per heavy atom. The number of aliphatic hydroxyl groups is 1. The van der Waals surface area contributed by atoms with Crippen molar-refractivity contribution in [2.45, 2.75) is 25.0 Å². The molecule has 1 heterocycles. The summed E-state index contributed by atoms with van der Waals surface area (Å²) in [5, 5.41) is 13.6. The maximum atomic E-state index is 10.1. The highest BCUT2D eigenvalue weighted by Crippen LogP contribution is 2.41. The molecule has 1 aliphatic rings. The molecule has 1 aromatic heterocycles. The lowest BCUT2D eigenvalue weighted by Crippen LogP contribution is -2.27. The van der Waals surface area contributed by atoms with Crippen molar-refractivity contribution in [1.29, 1.82) is 0 Å². The Labute approximate surface area is 127 Å². The third-order valence-electron chi connectivity index (χ3n) is 3.73. The van der Waals surface area contributed by atoms with Gasteiger partial charge in [0, 0.05) is 17.1 Å². The molecule has 0 radical (unpaired) electrons. The van der Waals surface area contributed by atoms with E-state index in [1.165, 1.54) is 18.4 Å². The van der Waals surface area contributed by atoms with Crippen LogP contribution in [0.15, 0.2) is 51.6 Å². The lowest BCUT2D eigenvalue weighted by molar-refractivity contribution is 0.142. The number of rotatable bonds is 6. The van der Waals surface area contributed by atoms with Crippen LogP contribution in [0.1, 0.15) is 36.3 Å². The maximum absolute atomic E-state index is 10.1. The van der Waals surface area contributed by atoms with Gasteiger partial charge in [-0.05, 0) is 48.6 Å². The quantitative estimate of drug-likeness (QED) is 0.843. The third-order valence-corrected chi connectivity index (χ3v) is 4.25. The van der Waals surface area contributed by atoms with Crippen LogP contribution < -0.4 is 5.32 Å². The van der Waals surface area contributed by atoms with Crippen molar-refractivity contribution >= 4 is 15.9 Å². The molecule has 4 heteroatoms. The Balaban J connectivity index is 1.64. The van der Waals surface area contributed by atoms with Gasteiger partial charge in [0.05, 0.1) is 6.26 Å². The topological polar surface area (TPSA) is 45.4 Å². The molecule has 1 aliphatic carbocycles. The minimum absolute atomic E-state index is 0.313. The van der Waals surface area contributed by atoms with E-state index < -0.39 is 6.10 Å². The van der Waals surface area contributed by atoms with Crippen molar-refractivity contribution in [3.63, 3.8) is 0 Å². The van der Waals surface area contributed by atoms with Gasteiger partial charge in [0.2, 0.25) is 0 Å². The lowest BCUT2D eigenvalue weighted by Gasteiger charge is -2.20. The van der Waals surface area contributed by atoms with Crippen LogP contribution in [0.25, 0.3) is 0 Å². The summed E-state index contributed by atoms with van der Waals surface area (Å²) in [6.45, 7) is 0.505. The van der Waals surface area contributed by atoms with E-state index in [1.807, 2.05) is 0 Å². The monoisotopic (exact) mass is 335 g/mol.